The van der Waals surface area contributed by atoms with E-state index >= 15 is 0 Å². The Kier molecular flexibility index (Phi) is 8.79. The van der Waals surface area contributed by atoms with E-state index in [9.17, 15) is 35.9 Å². The molecule has 4 aromatic rings. The molecule has 2 atom stereocenters. The minimum absolute atomic E-state index is 0.0294. The van der Waals surface area contributed by atoms with Crippen molar-refractivity contribution in [2.45, 2.75) is 37.8 Å². The second-order valence-electron chi connectivity index (χ2n) is 9.84. The zero-order chi connectivity index (χ0) is 30.7. The van der Waals surface area contributed by atoms with Gasteiger partial charge in [-0.1, -0.05) is 54.6 Å². The standard InChI is InChI=1S/C31H27F6N3O2/c1-19(20-8-4-3-5-9-20)39-28(41)13-12-25(16-22-18-38-27-11-7-6-10-26(22)27)40(2)29(42)21-14-23(30(32,33)34)17-24(15-21)31(35,36)37/h3-15,17-19,25,38H,16H2,1-2H3,(H,39,41). The van der Waals surface area contributed by atoms with E-state index in [4.69, 9.17) is 0 Å². The normalized spacial score (nSPS) is 13.7. The summed E-state index contributed by atoms with van der Waals surface area (Å²) < 4.78 is 80.7. The number of hydrogen-bond acceptors (Lipinski definition) is 2. The largest absolute Gasteiger partial charge is 0.416 e. The van der Waals surface area contributed by atoms with E-state index in [1.807, 2.05) is 48.5 Å². The molecular formula is C31H27F6N3O2. The first-order valence-corrected chi connectivity index (χ1v) is 12.9. The molecule has 0 aliphatic carbocycles. The summed E-state index contributed by atoms with van der Waals surface area (Å²) >= 11 is 0. The molecule has 0 saturated carbocycles. The molecule has 1 aromatic heterocycles. The van der Waals surface area contributed by atoms with Gasteiger partial charge in [0.1, 0.15) is 0 Å². The van der Waals surface area contributed by atoms with E-state index in [0.717, 1.165) is 26.9 Å². The Balaban J connectivity index is 1.66. The van der Waals surface area contributed by atoms with E-state index in [1.54, 1.807) is 19.2 Å². The number of aromatic nitrogens is 1. The summed E-state index contributed by atoms with van der Waals surface area (Å²) in [6.07, 6.45) is -5.78. The highest BCUT2D eigenvalue weighted by molar-refractivity contribution is 5.95. The SMILES string of the molecule is CC(NC(=O)C=CC(Cc1c[nH]c2ccccc12)N(C)C(=O)c1cc(C(F)(F)F)cc(C(F)(F)F)c1)c1ccccc1. The Morgan fingerprint density at radius 2 is 1.50 bits per heavy atom. The van der Waals surface area contributed by atoms with Gasteiger partial charge in [-0.05, 0) is 48.7 Å². The average molecular weight is 588 g/mol. The van der Waals surface area contributed by atoms with Crippen LogP contribution in [0.5, 0.6) is 0 Å². The molecule has 3 aromatic carbocycles. The summed E-state index contributed by atoms with van der Waals surface area (Å²) in [7, 11) is 1.27. The number of para-hydroxylation sites is 1. The van der Waals surface area contributed by atoms with Crippen LogP contribution < -0.4 is 5.32 Å². The van der Waals surface area contributed by atoms with Crippen molar-refractivity contribution in [2.24, 2.45) is 0 Å². The fourth-order valence-corrected chi connectivity index (χ4v) is 4.58. The highest BCUT2D eigenvalue weighted by Crippen LogP contribution is 2.36. The van der Waals surface area contributed by atoms with Gasteiger partial charge in [-0.2, -0.15) is 26.3 Å². The molecule has 0 radical (unpaired) electrons. The van der Waals surface area contributed by atoms with Crippen molar-refractivity contribution < 1.29 is 35.9 Å². The molecule has 0 saturated heterocycles. The van der Waals surface area contributed by atoms with Gasteiger partial charge in [0.15, 0.2) is 0 Å². The van der Waals surface area contributed by atoms with Gasteiger partial charge < -0.3 is 15.2 Å². The van der Waals surface area contributed by atoms with Crippen LogP contribution in [0.1, 0.15) is 45.6 Å². The van der Waals surface area contributed by atoms with Crippen LogP contribution in [0.15, 0.2) is 91.1 Å². The number of aromatic amines is 1. The molecule has 2 unspecified atom stereocenters. The lowest BCUT2D eigenvalue weighted by molar-refractivity contribution is -0.143. The Morgan fingerprint density at radius 1 is 0.905 bits per heavy atom. The Morgan fingerprint density at radius 3 is 2.12 bits per heavy atom. The van der Waals surface area contributed by atoms with Gasteiger partial charge in [-0.25, -0.2) is 0 Å². The number of fused-ring (bicyclic) bond motifs is 1. The van der Waals surface area contributed by atoms with Crippen LogP contribution in [-0.4, -0.2) is 34.8 Å². The second kappa shape index (κ2) is 12.1. The first-order valence-electron chi connectivity index (χ1n) is 12.9. The number of likely N-dealkylation sites (N-methyl/N-ethyl adjacent to an activating group) is 1. The molecule has 0 aliphatic heterocycles. The summed E-state index contributed by atoms with van der Waals surface area (Å²) in [5, 5.41) is 3.62. The molecule has 2 amide bonds. The minimum Gasteiger partial charge on any atom is -0.361 e. The highest BCUT2D eigenvalue weighted by atomic mass is 19.4. The van der Waals surface area contributed by atoms with E-state index in [-0.39, 0.29) is 18.5 Å². The molecule has 0 spiro atoms. The van der Waals surface area contributed by atoms with Crippen molar-refractivity contribution >= 4 is 22.7 Å². The van der Waals surface area contributed by atoms with Gasteiger partial charge in [-0.3, -0.25) is 9.59 Å². The molecule has 11 heteroatoms. The fraction of sp³-hybridized carbons (Fsp3) is 0.226. The monoisotopic (exact) mass is 587 g/mol. The van der Waals surface area contributed by atoms with Crippen LogP contribution in [0.25, 0.3) is 10.9 Å². The van der Waals surface area contributed by atoms with Crippen LogP contribution >= 0.6 is 0 Å². The third kappa shape index (κ3) is 7.20. The van der Waals surface area contributed by atoms with Crippen LogP contribution in [0.3, 0.4) is 0 Å². The third-order valence-electron chi connectivity index (χ3n) is 6.88. The lowest BCUT2D eigenvalue weighted by Crippen LogP contribution is -2.38. The van der Waals surface area contributed by atoms with Crippen molar-refractivity contribution in [3.8, 4) is 0 Å². The smallest absolute Gasteiger partial charge is 0.361 e. The maximum atomic E-state index is 13.4. The third-order valence-corrected chi connectivity index (χ3v) is 6.88. The average Bonchev–Trinajstić information content (AvgIpc) is 3.36. The Hall–Kier alpha value is -4.54. The van der Waals surface area contributed by atoms with Crippen molar-refractivity contribution in [1.29, 1.82) is 0 Å². The Labute approximate surface area is 237 Å². The highest BCUT2D eigenvalue weighted by Gasteiger charge is 2.38. The van der Waals surface area contributed by atoms with E-state index in [0.29, 0.717) is 12.1 Å². The molecular weight excluding hydrogens is 560 g/mol. The maximum absolute atomic E-state index is 13.4. The van der Waals surface area contributed by atoms with Crippen molar-refractivity contribution in [3.63, 3.8) is 0 Å². The molecule has 2 N–H and O–H groups in total. The molecule has 0 aliphatic rings. The predicted molar refractivity (Wildman–Crippen MR) is 146 cm³/mol. The number of carbonyl (C=O) groups excluding carboxylic acids is 2. The predicted octanol–water partition coefficient (Wildman–Crippen LogP) is 7.32. The number of alkyl halides is 6. The summed E-state index contributed by atoms with van der Waals surface area (Å²) in [5.41, 5.74) is -1.57. The second-order valence-corrected chi connectivity index (χ2v) is 9.84. The van der Waals surface area contributed by atoms with Crippen LogP contribution in [-0.2, 0) is 23.6 Å². The lowest BCUT2D eigenvalue weighted by Gasteiger charge is -2.27. The molecule has 42 heavy (non-hydrogen) atoms. The van der Waals surface area contributed by atoms with Gasteiger partial charge in [0.05, 0.1) is 23.2 Å². The van der Waals surface area contributed by atoms with Crippen LogP contribution in [0.2, 0.25) is 0 Å². The number of H-pyrrole nitrogens is 1. The zero-order valence-corrected chi connectivity index (χ0v) is 22.6. The van der Waals surface area contributed by atoms with Crippen molar-refractivity contribution in [2.75, 3.05) is 7.05 Å². The number of halogens is 6. The quantitative estimate of drug-likeness (QED) is 0.168. The van der Waals surface area contributed by atoms with E-state index in [1.165, 1.54) is 19.2 Å². The van der Waals surface area contributed by atoms with E-state index < -0.39 is 46.9 Å². The van der Waals surface area contributed by atoms with Gasteiger partial charge in [0.2, 0.25) is 5.91 Å². The zero-order valence-electron chi connectivity index (χ0n) is 22.6. The number of nitrogens with one attached hydrogen (secondary N) is 2. The first kappa shape index (κ1) is 30.4. The molecule has 5 nitrogen and oxygen atoms in total. The fourth-order valence-electron chi connectivity index (χ4n) is 4.58. The number of amides is 2. The summed E-state index contributed by atoms with van der Waals surface area (Å²) in [6, 6.07) is 16.0. The van der Waals surface area contributed by atoms with Gasteiger partial charge in [0, 0.05) is 35.8 Å². The number of benzene rings is 3. The first-order chi connectivity index (χ1) is 19.7. The number of rotatable bonds is 8. The van der Waals surface area contributed by atoms with Gasteiger partial charge in [0.25, 0.3) is 5.91 Å². The maximum Gasteiger partial charge on any atom is 0.416 e. The summed E-state index contributed by atoms with van der Waals surface area (Å²) in [4.78, 5) is 30.3. The molecule has 1 heterocycles. The summed E-state index contributed by atoms with van der Waals surface area (Å²) in [5.74, 6) is -1.56. The molecule has 0 bridgehead atoms. The lowest BCUT2D eigenvalue weighted by atomic mass is 10.0. The number of nitrogens with zero attached hydrogens (tertiary/aromatic N) is 1. The van der Waals surface area contributed by atoms with Gasteiger partial charge in [-0.15, -0.1) is 0 Å². The number of hydrogen-bond donors (Lipinski definition) is 2. The minimum atomic E-state index is -5.11. The molecule has 220 valence electrons. The summed E-state index contributed by atoms with van der Waals surface area (Å²) in [6.45, 7) is 1.78. The van der Waals surface area contributed by atoms with E-state index in [2.05, 4.69) is 10.3 Å². The van der Waals surface area contributed by atoms with Gasteiger partial charge >= 0.3 is 12.4 Å². The van der Waals surface area contributed by atoms with Crippen molar-refractivity contribution in [3.05, 3.63) is 119 Å². The topological polar surface area (TPSA) is 65.2 Å². The molecule has 0 fully saturated rings. The van der Waals surface area contributed by atoms with Crippen molar-refractivity contribution in [1.82, 2.24) is 15.2 Å². The van der Waals surface area contributed by atoms with Crippen LogP contribution in [0, 0.1) is 0 Å². The Bertz CT molecular complexity index is 1560. The molecule has 4 rings (SSSR count). The van der Waals surface area contributed by atoms with Crippen LogP contribution in [0.4, 0.5) is 26.3 Å². The number of carbonyl (C=O) groups is 2.